The van der Waals surface area contributed by atoms with Gasteiger partial charge in [-0.2, -0.15) is 0 Å². The van der Waals surface area contributed by atoms with E-state index in [1.807, 2.05) is 0 Å². The molecule has 0 aromatic heterocycles. The van der Waals surface area contributed by atoms with E-state index in [0.29, 0.717) is 10.9 Å². The third-order valence-corrected chi connectivity index (χ3v) is 3.37. The molecular weight excluding hydrogens is 212 g/mol. The van der Waals surface area contributed by atoms with Gasteiger partial charge >= 0.3 is 0 Å². The van der Waals surface area contributed by atoms with Gasteiger partial charge in [0.15, 0.2) is 0 Å². The third-order valence-electron chi connectivity index (χ3n) is 2.33. The van der Waals surface area contributed by atoms with Gasteiger partial charge in [0.05, 0.1) is 4.90 Å². The molecule has 0 aliphatic heterocycles. The number of hydrogen-bond acceptors (Lipinski definition) is 3. The highest BCUT2D eigenvalue weighted by Gasteiger charge is 2.09. The van der Waals surface area contributed by atoms with Gasteiger partial charge in [-0.15, -0.1) is 0 Å². The molecule has 0 spiro atoms. The molecule has 0 atom stereocenters. The molecule has 0 saturated heterocycles. The molecule has 2 rings (SSSR count). The van der Waals surface area contributed by atoms with Gasteiger partial charge in [0.1, 0.15) is 10.1 Å². The van der Waals surface area contributed by atoms with Crippen molar-refractivity contribution in [3.8, 4) is 0 Å². The highest BCUT2D eigenvalue weighted by atomic mass is 32.2. The van der Waals surface area contributed by atoms with Crippen molar-refractivity contribution < 1.29 is 13.0 Å². The SMILES string of the molecule is Cc1ccc2ccccc2c1S(=O)(=O)[O-]. The molecule has 0 amide bonds. The molecule has 0 saturated carbocycles. The first-order valence-corrected chi connectivity index (χ1v) is 5.85. The summed E-state index contributed by atoms with van der Waals surface area (Å²) in [5.41, 5.74) is 0.490. The zero-order valence-corrected chi connectivity index (χ0v) is 8.91. The van der Waals surface area contributed by atoms with E-state index < -0.39 is 10.1 Å². The fourth-order valence-electron chi connectivity index (χ4n) is 1.68. The maximum absolute atomic E-state index is 11.1. The lowest BCUT2D eigenvalue weighted by Gasteiger charge is -2.13. The van der Waals surface area contributed by atoms with Crippen LogP contribution < -0.4 is 0 Å². The van der Waals surface area contributed by atoms with Crippen molar-refractivity contribution in [2.75, 3.05) is 0 Å². The van der Waals surface area contributed by atoms with Crippen LogP contribution in [0.15, 0.2) is 41.3 Å². The van der Waals surface area contributed by atoms with E-state index in [9.17, 15) is 13.0 Å². The Morgan fingerprint density at radius 2 is 1.73 bits per heavy atom. The van der Waals surface area contributed by atoms with Gasteiger partial charge < -0.3 is 4.55 Å². The molecular formula is C11H9O3S-. The van der Waals surface area contributed by atoms with Gasteiger partial charge in [0, 0.05) is 0 Å². The second-order valence-electron chi connectivity index (χ2n) is 3.39. The maximum Gasteiger partial charge on any atom is 0.125 e. The lowest BCUT2D eigenvalue weighted by molar-refractivity contribution is 0.463. The fourth-order valence-corrected chi connectivity index (χ4v) is 2.60. The Kier molecular flexibility index (Phi) is 2.25. The lowest BCUT2D eigenvalue weighted by Crippen LogP contribution is -2.02. The van der Waals surface area contributed by atoms with Crippen molar-refractivity contribution in [1.29, 1.82) is 0 Å². The smallest absolute Gasteiger partial charge is 0.125 e. The first-order valence-electron chi connectivity index (χ1n) is 4.44. The monoisotopic (exact) mass is 221 g/mol. The van der Waals surface area contributed by atoms with Gasteiger partial charge in [-0.25, -0.2) is 8.42 Å². The summed E-state index contributed by atoms with van der Waals surface area (Å²) in [4.78, 5) is -0.111. The van der Waals surface area contributed by atoms with Crippen LogP contribution in [0.4, 0.5) is 0 Å². The van der Waals surface area contributed by atoms with Gasteiger partial charge in [0.2, 0.25) is 0 Å². The number of aryl methyl sites for hydroxylation is 1. The summed E-state index contributed by atoms with van der Waals surface area (Å²) in [6.07, 6.45) is 0. The number of rotatable bonds is 1. The minimum atomic E-state index is -4.41. The predicted octanol–water partition coefficient (Wildman–Crippen LogP) is 2.05. The molecule has 0 bridgehead atoms. The Morgan fingerprint density at radius 1 is 1.07 bits per heavy atom. The van der Waals surface area contributed by atoms with E-state index in [4.69, 9.17) is 0 Å². The van der Waals surface area contributed by atoms with E-state index in [0.717, 1.165) is 5.39 Å². The van der Waals surface area contributed by atoms with Crippen LogP contribution in [-0.2, 0) is 10.1 Å². The van der Waals surface area contributed by atoms with Crippen molar-refractivity contribution in [2.24, 2.45) is 0 Å². The van der Waals surface area contributed by atoms with Crippen LogP contribution in [0.3, 0.4) is 0 Å². The first-order chi connectivity index (χ1) is 7.00. The third kappa shape index (κ3) is 1.73. The van der Waals surface area contributed by atoms with E-state index in [1.54, 1.807) is 43.3 Å². The summed E-state index contributed by atoms with van der Waals surface area (Å²) in [5.74, 6) is 0. The van der Waals surface area contributed by atoms with E-state index in [-0.39, 0.29) is 4.90 Å². The molecule has 0 fully saturated rings. The first kappa shape index (κ1) is 10.1. The molecule has 0 unspecified atom stereocenters. The van der Waals surface area contributed by atoms with Gasteiger partial charge in [-0.3, -0.25) is 0 Å². The molecule has 0 aliphatic carbocycles. The van der Waals surface area contributed by atoms with Crippen LogP contribution >= 0.6 is 0 Å². The summed E-state index contributed by atoms with van der Waals surface area (Å²) in [6.45, 7) is 1.62. The van der Waals surface area contributed by atoms with Crippen LogP contribution in [0.1, 0.15) is 5.56 Å². The average Bonchev–Trinajstić information content (AvgIpc) is 2.15. The molecule has 15 heavy (non-hydrogen) atoms. The quantitative estimate of drug-likeness (QED) is 0.692. The Hall–Kier alpha value is -1.39. The molecule has 2 aromatic carbocycles. The Labute approximate surface area is 88.1 Å². The summed E-state index contributed by atoms with van der Waals surface area (Å²) in [6, 6.07) is 10.4. The minimum Gasteiger partial charge on any atom is -0.744 e. The Balaban J connectivity index is 2.99. The molecule has 78 valence electrons. The molecule has 0 heterocycles. The molecule has 3 nitrogen and oxygen atoms in total. The van der Waals surface area contributed by atoms with Crippen LogP contribution in [0.25, 0.3) is 10.8 Å². The predicted molar refractivity (Wildman–Crippen MR) is 56.6 cm³/mol. The van der Waals surface area contributed by atoms with Crippen LogP contribution in [-0.4, -0.2) is 13.0 Å². The largest absolute Gasteiger partial charge is 0.744 e. The van der Waals surface area contributed by atoms with Crippen LogP contribution in [0, 0.1) is 6.92 Å². The van der Waals surface area contributed by atoms with Crippen molar-refractivity contribution in [2.45, 2.75) is 11.8 Å². The standard InChI is InChI=1S/C11H10O3S/c1-8-6-7-9-4-2-3-5-10(9)11(8)15(12,13)14/h2-7H,1H3,(H,12,13,14)/p-1. The Bertz CT molecular complexity index is 615. The highest BCUT2D eigenvalue weighted by molar-refractivity contribution is 7.86. The zero-order chi connectivity index (χ0) is 11.1. The van der Waals surface area contributed by atoms with Crippen molar-refractivity contribution >= 4 is 20.9 Å². The second-order valence-corrected chi connectivity index (χ2v) is 4.70. The van der Waals surface area contributed by atoms with E-state index in [1.165, 1.54) is 0 Å². The van der Waals surface area contributed by atoms with Gasteiger partial charge in [-0.1, -0.05) is 36.4 Å². The van der Waals surface area contributed by atoms with Gasteiger partial charge in [-0.05, 0) is 23.3 Å². The molecule has 0 radical (unpaired) electrons. The van der Waals surface area contributed by atoms with Crippen molar-refractivity contribution in [1.82, 2.24) is 0 Å². The molecule has 2 aromatic rings. The average molecular weight is 221 g/mol. The van der Waals surface area contributed by atoms with E-state index >= 15 is 0 Å². The van der Waals surface area contributed by atoms with E-state index in [2.05, 4.69) is 0 Å². The summed E-state index contributed by atoms with van der Waals surface area (Å²) in [7, 11) is -4.41. The van der Waals surface area contributed by atoms with Crippen molar-refractivity contribution in [3.63, 3.8) is 0 Å². The normalized spacial score (nSPS) is 11.9. The second kappa shape index (κ2) is 3.32. The molecule has 4 heteroatoms. The topological polar surface area (TPSA) is 57.2 Å². The number of hydrogen-bond donors (Lipinski definition) is 0. The summed E-state index contributed by atoms with van der Waals surface area (Å²) < 4.78 is 33.3. The lowest BCUT2D eigenvalue weighted by atomic mass is 10.1. The maximum atomic E-state index is 11.1. The molecule has 0 N–H and O–H groups in total. The zero-order valence-electron chi connectivity index (χ0n) is 8.10. The van der Waals surface area contributed by atoms with Gasteiger partial charge in [0.25, 0.3) is 0 Å². The van der Waals surface area contributed by atoms with Crippen LogP contribution in [0.5, 0.6) is 0 Å². The highest BCUT2D eigenvalue weighted by Crippen LogP contribution is 2.25. The van der Waals surface area contributed by atoms with Crippen LogP contribution in [0.2, 0.25) is 0 Å². The number of benzene rings is 2. The minimum absolute atomic E-state index is 0.111. The molecule has 0 aliphatic rings. The number of fused-ring (bicyclic) bond motifs is 1. The summed E-state index contributed by atoms with van der Waals surface area (Å²) in [5, 5.41) is 1.25. The van der Waals surface area contributed by atoms with Crippen molar-refractivity contribution in [3.05, 3.63) is 42.0 Å². The summed E-state index contributed by atoms with van der Waals surface area (Å²) >= 11 is 0. The Morgan fingerprint density at radius 3 is 2.40 bits per heavy atom. The fraction of sp³-hybridized carbons (Fsp3) is 0.0909.